The molecule has 0 spiro atoms. The molecule has 2 unspecified atom stereocenters. The van der Waals surface area contributed by atoms with Crippen LogP contribution in [0.5, 0.6) is 0 Å². The first kappa shape index (κ1) is 10.5. The molecule has 17 heavy (non-hydrogen) atoms. The lowest BCUT2D eigenvalue weighted by Gasteiger charge is -2.11. The highest BCUT2D eigenvalue weighted by Gasteiger charge is 2.26. The minimum Gasteiger partial charge on any atom is -0.324 e. The molecular formula is C16H17N. The molecule has 0 heterocycles. The summed E-state index contributed by atoms with van der Waals surface area (Å²) in [7, 11) is 0. The van der Waals surface area contributed by atoms with Crippen molar-refractivity contribution >= 4 is 0 Å². The topological polar surface area (TPSA) is 26.0 Å². The Balaban J connectivity index is 2.06. The molecule has 0 aromatic heterocycles. The SMILES string of the molecule is CC1Cc2ccc(-c3ccccc3)cc2C1N. The van der Waals surface area contributed by atoms with Crippen LogP contribution in [-0.4, -0.2) is 0 Å². The van der Waals surface area contributed by atoms with E-state index in [1.54, 1.807) is 0 Å². The molecule has 2 aromatic rings. The average Bonchev–Trinajstić information content (AvgIpc) is 2.66. The Kier molecular flexibility index (Phi) is 2.49. The van der Waals surface area contributed by atoms with Crippen molar-refractivity contribution in [1.29, 1.82) is 0 Å². The van der Waals surface area contributed by atoms with Gasteiger partial charge in [-0.1, -0.05) is 49.4 Å². The van der Waals surface area contributed by atoms with Gasteiger partial charge >= 0.3 is 0 Å². The van der Waals surface area contributed by atoms with E-state index in [0.29, 0.717) is 5.92 Å². The largest absolute Gasteiger partial charge is 0.324 e. The standard InChI is InChI=1S/C16H17N/c1-11-9-14-8-7-13(10-15(14)16(11)17)12-5-3-2-4-6-12/h2-8,10-11,16H,9,17H2,1H3. The molecule has 2 N–H and O–H groups in total. The molecule has 0 saturated heterocycles. The summed E-state index contributed by atoms with van der Waals surface area (Å²) in [5, 5.41) is 0. The molecule has 0 fully saturated rings. The number of hydrogen-bond acceptors (Lipinski definition) is 1. The Labute approximate surface area is 102 Å². The Hall–Kier alpha value is -1.60. The van der Waals surface area contributed by atoms with E-state index in [1.807, 2.05) is 6.07 Å². The van der Waals surface area contributed by atoms with Crippen LogP contribution in [0.3, 0.4) is 0 Å². The zero-order valence-corrected chi connectivity index (χ0v) is 10.1. The fourth-order valence-electron chi connectivity index (χ4n) is 2.68. The van der Waals surface area contributed by atoms with Crippen LogP contribution in [0.4, 0.5) is 0 Å². The fourth-order valence-corrected chi connectivity index (χ4v) is 2.68. The molecule has 3 rings (SSSR count). The zero-order valence-electron chi connectivity index (χ0n) is 10.1. The summed E-state index contributed by atoms with van der Waals surface area (Å²) in [6, 6.07) is 17.4. The van der Waals surface area contributed by atoms with Gasteiger partial charge in [0, 0.05) is 6.04 Å². The predicted molar refractivity (Wildman–Crippen MR) is 71.7 cm³/mol. The predicted octanol–water partition coefficient (Wildman–Crippen LogP) is 3.55. The molecule has 0 aliphatic heterocycles. The highest BCUT2D eigenvalue weighted by molar-refractivity contribution is 5.65. The molecule has 86 valence electrons. The number of benzene rings is 2. The first-order valence-electron chi connectivity index (χ1n) is 6.19. The molecule has 0 radical (unpaired) electrons. The van der Waals surface area contributed by atoms with Gasteiger partial charge in [-0.15, -0.1) is 0 Å². The van der Waals surface area contributed by atoms with Crippen LogP contribution >= 0.6 is 0 Å². The monoisotopic (exact) mass is 223 g/mol. The third kappa shape index (κ3) is 1.77. The molecule has 0 saturated carbocycles. The second kappa shape index (κ2) is 4.01. The molecule has 2 atom stereocenters. The van der Waals surface area contributed by atoms with E-state index in [2.05, 4.69) is 49.4 Å². The maximum Gasteiger partial charge on any atom is 0.0327 e. The quantitative estimate of drug-likeness (QED) is 0.786. The van der Waals surface area contributed by atoms with Gasteiger partial charge in [-0.05, 0) is 40.7 Å². The van der Waals surface area contributed by atoms with Crippen LogP contribution < -0.4 is 5.73 Å². The molecule has 0 bridgehead atoms. The molecule has 2 aromatic carbocycles. The van der Waals surface area contributed by atoms with Crippen LogP contribution in [0.15, 0.2) is 48.5 Å². The Morgan fingerprint density at radius 2 is 1.76 bits per heavy atom. The first-order chi connectivity index (χ1) is 8.25. The maximum absolute atomic E-state index is 6.24. The van der Waals surface area contributed by atoms with Gasteiger partial charge in [0.15, 0.2) is 0 Å². The Bertz CT molecular complexity index is 530. The van der Waals surface area contributed by atoms with Gasteiger partial charge in [-0.25, -0.2) is 0 Å². The van der Waals surface area contributed by atoms with Crippen LogP contribution in [0.2, 0.25) is 0 Å². The van der Waals surface area contributed by atoms with E-state index in [4.69, 9.17) is 5.73 Å². The summed E-state index contributed by atoms with van der Waals surface area (Å²) in [5.74, 6) is 0.566. The van der Waals surface area contributed by atoms with E-state index >= 15 is 0 Å². The van der Waals surface area contributed by atoms with Crippen LogP contribution in [0, 0.1) is 5.92 Å². The van der Waals surface area contributed by atoms with E-state index in [9.17, 15) is 0 Å². The van der Waals surface area contributed by atoms with Gasteiger partial charge in [-0.2, -0.15) is 0 Å². The summed E-state index contributed by atoms with van der Waals surface area (Å²) in [5.41, 5.74) is 11.5. The zero-order chi connectivity index (χ0) is 11.8. The highest BCUT2D eigenvalue weighted by atomic mass is 14.7. The molecular weight excluding hydrogens is 206 g/mol. The number of nitrogens with two attached hydrogens (primary N) is 1. The van der Waals surface area contributed by atoms with Gasteiger partial charge in [0.1, 0.15) is 0 Å². The molecule has 1 nitrogen and oxygen atoms in total. The van der Waals surface area contributed by atoms with Crippen molar-refractivity contribution in [2.24, 2.45) is 11.7 Å². The van der Waals surface area contributed by atoms with Crippen molar-refractivity contribution < 1.29 is 0 Å². The first-order valence-corrected chi connectivity index (χ1v) is 6.19. The smallest absolute Gasteiger partial charge is 0.0327 e. The van der Waals surface area contributed by atoms with Gasteiger partial charge in [0.05, 0.1) is 0 Å². The van der Waals surface area contributed by atoms with Crippen molar-refractivity contribution in [2.75, 3.05) is 0 Å². The number of fused-ring (bicyclic) bond motifs is 1. The van der Waals surface area contributed by atoms with Crippen LogP contribution in [0.1, 0.15) is 24.1 Å². The molecule has 1 aliphatic carbocycles. The normalized spacial score (nSPS) is 22.5. The minimum absolute atomic E-state index is 0.202. The van der Waals surface area contributed by atoms with E-state index in [-0.39, 0.29) is 6.04 Å². The lowest BCUT2D eigenvalue weighted by atomic mass is 9.99. The summed E-state index contributed by atoms with van der Waals surface area (Å²) in [6.07, 6.45) is 1.12. The van der Waals surface area contributed by atoms with Crippen molar-refractivity contribution in [3.8, 4) is 11.1 Å². The van der Waals surface area contributed by atoms with E-state index in [1.165, 1.54) is 22.3 Å². The number of rotatable bonds is 1. The van der Waals surface area contributed by atoms with Crippen molar-refractivity contribution in [2.45, 2.75) is 19.4 Å². The van der Waals surface area contributed by atoms with Gasteiger partial charge in [0.25, 0.3) is 0 Å². The lowest BCUT2D eigenvalue weighted by Crippen LogP contribution is -2.13. The third-order valence-electron chi connectivity index (χ3n) is 3.77. The van der Waals surface area contributed by atoms with Crippen molar-refractivity contribution in [3.05, 3.63) is 59.7 Å². The second-order valence-corrected chi connectivity index (χ2v) is 4.99. The maximum atomic E-state index is 6.24. The minimum atomic E-state index is 0.202. The van der Waals surface area contributed by atoms with E-state index < -0.39 is 0 Å². The van der Waals surface area contributed by atoms with Crippen molar-refractivity contribution in [1.82, 2.24) is 0 Å². The average molecular weight is 223 g/mol. The van der Waals surface area contributed by atoms with Crippen molar-refractivity contribution in [3.63, 3.8) is 0 Å². The Morgan fingerprint density at radius 3 is 2.53 bits per heavy atom. The Morgan fingerprint density at radius 1 is 1.00 bits per heavy atom. The summed E-state index contributed by atoms with van der Waals surface area (Å²) in [4.78, 5) is 0. The number of hydrogen-bond donors (Lipinski definition) is 1. The second-order valence-electron chi connectivity index (χ2n) is 4.99. The summed E-state index contributed by atoms with van der Waals surface area (Å²) in [6.45, 7) is 2.23. The lowest BCUT2D eigenvalue weighted by molar-refractivity contribution is 0.513. The van der Waals surface area contributed by atoms with Gasteiger partial charge < -0.3 is 5.73 Å². The highest BCUT2D eigenvalue weighted by Crippen LogP contribution is 2.36. The van der Waals surface area contributed by atoms with Crippen LogP contribution in [0.25, 0.3) is 11.1 Å². The summed E-state index contributed by atoms with van der Waals surface area (Å²) >= 11 is 0. The van der Waals surface area contributed by atoms with Crippen LogP contribution in [-0.2, 0) is 6.42 Å². The molecule has 1 heteroatoms. The van der Waals surface area contributed by atoms with E-state index in [0.717, 1.165) is 6.42 Å². The van der Waals surface area contributed by atoms with Gasteiger partial charge in [0.2, 0.25) is 0 Å². The fraction of sp³-hybridized carbons (Fsp3) is 0.250. The molecule has 0 amide bonds. The third-order valence-corrected chi connectivity index (χ3v) is 3.77. The van der Waals surface area contributed by atoms with Gasteiger partial charge in [-0.3, -0.25) is 0 Å². The molecule has 1 aliphatic rings. The summed E-state index contributed by atoms with van der Waals surface area (Å²) < 4.78 is 0.